The number of nitrogens with one attached hydrogen (secondary N) is 1. The second-order valence-electron chi connectivity index (χ2n) is 10.6. The van der Waals surface area contributed by atoms with E-state index in [1.807, 2.05) is 16.7 Å². The van der Waals surface area contributed by atoms with Crippen molar-refractivity contribution in [3.63, 3.8) is 0 Å². The van der Waals surface area contributed by atoms with Gasteiger partial charge in [-0.1, -0.05) is 0 Å². The van der Waals surface area contributed by atoms with Crippen LogP contribution in [0.2, 0.25) is 0 Å². The van der Waals surface area contributed by atoms with Crippen LogP contribution in [-0.2, 0) is 6.54 Å². The average molecular weight is 576 g/mol. The molecule has 0 atom stereocenters. The summed E-state index contributed by atoms with van der Waals surface area (Å²) in [6, 6.07) is 8.79. The maximum absolute atomic E-state index is 15.0. The molecule has 0 radical (unpaired) electrons. The number of anilines is 2. The molecule has 3 N–H and O–H groups in total. The molecule has 2 aliphatic heterocycles. The lowest BCUT2D eigenvalue weighted by atomic mass is 10.2. The van der Waals surface area contributed by atoms with E-state index in [9.17, 15) is 0 Å². The number of rotatable bonds is 9. The number of aromatic nitrogens is 6. The van der Waals surface area contributed by atoms with E-state index in [1.165, 1.54) is 10.6 Å². The van der Waals surface area contributed by atoms with E-state index in [0.29, 0.717) is 53.0 Å². The van der Waals surface area contributed by atoms with Crippen molar-refractivity contribution in [2.45, 2.75) is 6.54 Å². The molecule has 0 aliphatic carbocycles. The van der Waals surface area contributed by atoms with Crippen molar-refractivity contribution in [1.29, 1.82) is 0 Å². The Balaban J connectivity index is 0.941. The van der Waals surface area contributed by atoms with Gasteiger partial charge in [0.15, 0.2) is 22.6 Å². The minimum Gasteiger partial charge on any atom is -0.492 e. The highest BCUT2D eigenvalue weighted by molar-refractivity contribution is 5.87. The number of fused-ring (bicyclic) bond motifs is 3. The monoisotopic (exact) mass is 575 g/mol. The number of benzene rings is 1. The van der Waals surface area contributed by atoms with Gasteiger partial charge in [-0.15, -0.1) is 5.10 Å². The van der Waals surface area contributed by atoms with Crippen molar-refractivity contribution < 1.29 is 13.5 Å². The summed E-state index contributed by atoms with van der Waals surface area (Å²) < 4.78 is 29.8. The van der Waals surface area contributed by atoms with Crippen LogP contribution in [0, 0.1) is 5.82 Å². The lowest BCUT2D eigenvalue weighted by Gasteiger charge is -2.36. The Morgan fingerprint density at radius 3 is 2.57 bits per heavy atom. The molecule has 0 unspecified atom stereocenters. The van der Waals surface area contributed by atoms with E-state index in [-0.39, 0.29) is 11.8 Å². The van der Waals surface area contributed by atoms with Crippen molar-refractivity contribution in [2.75, 3.05) is 82.7 Å². The topological polar surface area (TPSA) is 131 Å². The minimum absolute atomic E-state index is 0.233. The van der Waals surface area contributed by atoms with Crippen LogP contribution >= 0.6 is 0 Å². The van der Waals surface area contributed by atoms with Crippen LogP contribution < -0.4 is 20.7 Å². The largest absolute Gasteiger partial charge is 0.492 e. The highest BCUT2D eigenvalue weighted by atomic mass is 19.1. The molecule has 2 aliphatic rings. The molecule has 4 aromatic heterocycles. The first-order valence-corrected chi connectivity index (χ1v) is 14.4. The summed E-state index contributed by atoms with van der Waals surface area (Å²) in [6.07, 6.45) is 3.34. The molecular formula is C28H34FN11O2. The first kappa shape index (κ1) is 26.6. The van der Waals surface area contributed by atoms with E-state index in [2.05, 4.69) is 40.1 Å². The highest BCUT2D eigenvalue weighted by Gasteiger charge is 2.22. The van der Waals surface area contributed by atoms with Gasteiger partial charge in [0.1, 0.15) is 18.2 Å². The molecule has 220 valence electrons. The van der Waals surface area contributed by atoms with E-state index in [4.69, 9.17) is 14.9 Å². The zero-order chi connectivity index (χ0) is 28.5. The quantitative estimate of drug-likeness (QED) is 0.266. The molecule has 13 nitrogen and oxygen atoms in total. The van der Waals surface area contributed by atoms with Gasteiger partial charge in [0.2, 0.25) is 11.8 Å². The number of hydrogen-bond acceptors (Lipinski definition) is 11. The van der Waals surface area contributed by atoms with Crippen LogP contribution in [0.25, 0.3) is 28.4 Å². The van der Waals surface area contributed by atoms with Gasteiger partial charge >= 0.3 is 0 Å². The Hall–Kier alpha value is -4.27. The van der Waals surface area contributed by atoms with Gasteiger partial charge in [0, 0.05) is 78.1 Å². The Morgan fingerprint density at radius 1 is 0.952 bits per heavy atom. The standard InChI is InChI=1S/C28H34FN11O2/c29-21-18-20(41-17-15-36-7-5-31-6-8-36)3-4-22(21)38-12-9-37(10-13-38)11-14-39-19-32-24-26(39)34-28(30)40-27(24)33-25(35-40)23-2-1-16-42-23/h1-4,16,18-19,31H,5-15,17H2,(H2,30,34). The summed E-state index contributed by atoms with van der Waals surface area (Å²) in [6.45, 7) is 10.1. The normalized spacial score (nSPS) is 17.0. The number of nitrogens with zero attached hydrogens (tertiary/aromatic N) is 9. The lowest BCUT2D eigenvalue weighted by Crippen LogP contribution is -2.47. The summed E-state index contributed by atoms with van der Waals surface area (Å²) in [7, 11) is 0. The van der Waals surface area contributed by atoms with E-state index < -0.39 is 0 Å². The molecule has 0 amide bonds. The number of furan rings is 1. The van der Waals surface area contributed by atoms with Crippen LogP contribution in [0.3, 0.4) is 0 Å². The predicted molar refractivity (Wildman–Crippen MR) is 156 cm³/mol. The summed E-state index contributed by atoms with van der Waals surface area (Å²) in [5, 5.41) is 7.78. The smallest absolute Gasteiger partial charge is 0.225 e. The fraction of sp³-hybridized carbons (Fsp3) is 0.429. The molecule has 5 aromatic rings. The molecular weight excluding hydrogens is 541 g/mol. The van der Waals surface area contributed by atoms with Crippen molar-refractivity contribution in [3.05, 3.63) is 48.7 Å². The average Bonchev–Trinajstić information content (AvgIpc) is 3.78. The Bertz CT molecular complexity index is 1650. The van der Waals surface area contributed by atoms with E-state index in [0.717, 1.165) is 65.4 Å². The Kier molecular flexibility index (Phi) is 7.32. The lowest BCUT2D eigenvalue weighted by molar-refractivity contribution is 0.191. The van der Waals surface area contributed by atoms with Crippen molar-refractivity contribution in [2.24, 2.45) is 0 Å². The fourth-order valence-electron chi connectivity index (χ4n) is 5.63. The van der Waals surface area contributed by atoms with Crippen molar-refractivity contribution in [3.8, 4) is 17.3 Å². The van der Waals surface area contributed by atoms with Gasteiger partial charge in [-0.2, -0.15) is 9.50 Å². The third-order valence-corrected chi connectivity index (χ3v) is 7.98. The molecule has 0 bridgehead atoms. The molecule has 1 aromatic carbocycles. The summed E-state index contributed by atoms with van der Waals surface area (Å²) in [5.41, 5.74) is 8.67. The third-order valence-electron chi connectivity index (χ3n) is 7.98. The van der Waals surface area contributed by atoms with Crippen LogP contribution in [-0.4, -0.2) is 111 Å². The van der Waals surface area contributed by atoms with Gasteiger partial charge in [-0.05, 0) is 24.3 Å². The zero-order valence-electron chi connectivity index (χ0n) is 23.3. The third kappa shape index (κ3) is 5.35. The van der Waals surface area contributed by atoms with Gasteiger partial charge in [0.05, 0.1) is 18.3 Å². The van der Waals surface area contributed by atoms with E-state index in [1.54, 1.807) is 24.7 Å². The Labute approximate surface area is 241 Å². The van der Waals surface area contributed by atoms with Crippen LogP contribution in [0.1, 0.15) is 0 Å². The second kappa shape index (κ2) is 11.5. The summed E-state index contributed by atoms with van der Waals surface area (Å²) in [4.78, 5) is 20.5. The molecule has 42 heavy (non-hydrogen) atoms. The second-order valence-corrected chi connectivity index (χ2v) is 10.6. The number of nitrogen functional groups attached to an aromatic ring is 1. The maximum Gasteiger partial charge on any atom is 0.225 e. The Morgan fingerprint density at radius 2 is 1.79 bits per heavy atom. The maximum atomic E-state index is 15.0. The highest BCUT2D eigenvalue weighted by Crippen LogP contribution is 2.26. The SMILES string of the molecule is Nc1nc2c(ncn2CCN2CCN(c3ccc(OCCN4CCNCC4)cc3F)CC2)c2nc(-c3ccco3)nn12. The van der Waals surface area contributed by atoms with Crippen LogP contribution in [0.4, 0.5) is 16.0 Å². The van der Waals surface area contributed by atoms with Gasteiger partial charge in [-0.3, -0.25) is 9.80 Å². The minimum atomic E-state index is -0.244. The number of nitrogens with two attached hydrogens (primary N) is 1. The summed E-state index contributed by atoms with van der Waals surface area (Å²) >= 11 is 0. The first-order valence-electron chi connectivity index (χ1n) is 14.4. The molecule has 7 rings (SSSR count). The zero-order valence-corrected chi connectivity index (χ0v) is 23.3. The van der Waals surface area contributed by atoms with Crippen LogP contribution in [0.5, 0.6) is 5.75 Å². The van der Waals surface area contributed by atoms with Crippen molar-refractivity contribution >= 4 is 28.4 Å². The van der Waals surface area contributed by atoms with Crippen molar-refractivity contribution in [1.82, 2.24) is 44.2 Å². The number of hydrogen-bond donors (Lipinski definition) is 2. The number of halogens is 1. The van der Waals surface area contributed by atoms with Gasteiger partial charge in [-0.25, -0.2) is 14.4 Å². The number of imidazole rings is 1. The number of piperazine rings is 2. The predicted octanol–water partition coefficient (Wildman–Crippen LogP) is 1.56. The first-order chi connectivity index (χ1) is 20.6. The molecule has 2 saturated heterocycles. The van der Waals surface area contributed by atoms with Crippen LogP contribution in [0.15, 0.2) is 47.3 Å². The fourth-order valence-corrected chi connectivity index (χ4v) is 5.63. The molecule has 14 heteroatoms. The summed E-state index contributed by atoms with van der Waals surface area (Å²) in [5.74, 6) is 1.54. The van der Waals surface area contributed by atoms with Gasteiger partial charge in [0.25, 0.3) is 0 Å². The number of ether oxygens (including phenoxy) is 1. The van der Waals surface area contributed by atoms with E-state index >= 15 is 4.39 Å². The molecule has 2 fully saturated rings. The molecule has 0 spiro atoms. The molecule has 0 saturated carbocycles. The van der Waals surface area contributed by atoms with Gasteiger partial charge < -0.3 is 29.7 Å². The molecule has 6 heterocycles.